The third-order valence-electron chi connectivity index (χ3n) is 6.31. The summed E-state index contributed by atoms with van der Waals surface area (Å²) in [5, 5.41) is 4.62. The Balaban J connectivity index is 1.46. The smallest absolute Gasteiger partial charge is 0.131 e. The molecule has 2 aromatic heterocycles. The summed E-state index contributed by atoms with van der Waals surface area (Å²) in [6.07, 6.45) is 3.53. The minimum Gasteiger partial charge on any atom is -0.396 e. The van der Waals surface area contributed by atoms with Crippen molar-refractivity contribution in [3.63, 3.8) is 0 Å². The Hall–Kier alpha value is -4.70. The monoisotopic (exact) mass is 438 g/mol. The number of anilines is 2. The number of hydrogen-bond acceptors (Lipinski definition) is 4. The maximum Gasteiger partial charge on any atom is 0.131 e. The maximum atomic E-state index is 6.69. The maximum absolute atomic E-state index is 6.69. The first kappa shape index (κ1) is 19.9. The number of rotatable bonds is 3. The van der Waals surface area contributed by atoms with Crippen LogP contribution >= 0.6 is 0 Å². The molecule has 6 rings (SSSR count). The molecular weight excluding hydrogens is 416 g/mol. The topological polar surface area (TPSA) is 77.8 Å². The summed E-state index contributed by atoms with van der Waals surface area (Å²) in [7, 11) is 0. The number of pyridine rings is 2. The van der Waals surface area contributed by atoms with Gasteiger partial charge >= 0.3 is 0 Å². The van der Waals surface area contributed by atoms with Gasteiger partial charge in [0, 0.05) is 29.1 Å². The molecule has 0 aliphatic carbocycles. The molecule has 0 saturated heterocycles. The number of fused-ring (bicyclic) bond motifs is 2. The Kier molecular flexibility index (Phi) is 4.70. The number of nitrogens with zero attached hydrogens (tertiary/aromatic N) is 2. The molecule has 0 radical (unpaired) electrons. The molecule has 0 aliphatic heterocycles. The van der Waals surface area contributed by atoms with Crippen molar-refractivity contribution in [1.29, 1.82) is 0 Å². The normalized spacial score (nSPS) is 11.2. The fourth-order valence-electron chi connectivity index (χ4n) is 4.54. The van der Waals surface area contributed by atoms with Crippen molar-refractivity contribution in [3.8, 4) is 33.5 Å². The molecule has 2 heterocycles. The molecule has 34 heavy (non-hydrogen) atoms. The van der Waals surface area contributed by atoms with Gasteiger partial charge in [-0.1, -0.05) is 60.7 Å². The van der Waals surface area contributed by atoms with Crippen LogP contribution in [0.1, 0.15) is 0 Å². The van der Waals surface area contributed by atoms with Gasteiger partial charge in [0.25, 0.3) is 0 Å². The van der Waals surface area contributed by atoms with Crippen LogP contribution in [0, 0.1) is 0 Å². The van der Waals surface area contributed by atoms with E-state index in [1.807, 2.05) is 24.4 Å². The third-order valence-corrected chi connectivity index (χ3v) is 6.31. The van der Waals surface area contributed by atoms with Crippen molar-refractivity contribution in [2.24, 2.45) is 0 Å². The number of nitrogens with two attached hydrogens (primary N) is 2. The second kappa shape index (κ2) is 8.01. The Labute approximate surface area is 197 Å². The molecule has 6 aromatic rings. The van der Waals surface area contributed by atoms with Crippen LogP contribution in [0.15, 0.2) is 109 Å². The summed E-state index contributed by atoms with van der Waals surface area (Å²) in [5.74, 6) is 0.520. The van der Waals surface area contributed by atoms with E-state index in [0.717, 1.165) is 44.3 Å². The molecular formula is C30H22N4. The summed E-state index contributed by atoms with van der Waals surface area (Å²) in [6, 6.07) is 33.2. The average Bonchev–Trinajstić information content (AvgIpc) is 2.88. The molecule has 162 valence electrons. The molecule has 0 aliphatic rings. The average molecular weight is 439 g/mol. The van der Waals surface area contributed by atoms with E-state index in [-0.39, 0.29) is 0 Å². The molecule has 0 bridgehead atoms. The second-order valence-electron chi connectivity index (χ2n) is 8.40. The Bertz CT molecular complexity index is 1690. The predicted octanol–water partition coefficient (Wildman–Crippen LogP) is 6.95. The van der Waals surface area contributed by atoms with E-state index < -0.39 is 0 Å². The Morgan fingerprint density at radius 2 is 1.12 bits per heavy atom. The van der Waals surface area contributed by atoms with Crippen molar-refractivity contribution >= 4 is 33.1 Å². The van der Waals surface area contributed by atoms with Gasteiger partial charge in [0.05, 0.1) is 11.4 Å². The van der Waals surface area contributed by atoms with Crippen LogP contribution in [-0.4, -0.2) is 9.97 Å². The van der Waals surface area contributed by atoms with Gasteiger partial charge in [0.1, 0.15) is 5.82 Å². The zero-order valence-electron chi connectivity index (χ0n) is 18.4. The van der Waals surface area contributed by atoms with Crippen molar-refractivity contribution in [2.45, 2.75) is 0 Å². The van der Waals surface area contributed by atoms with Crippen molar-refractivity contribution in [1.82, 2.24) is 9.97 Å². The lowest BCUT2D eigenvalue weighted by molar-refractivity contribution is 1.33. The molecule has 0 atom stereocenters. The van der Waals surface area contributed by atoms with Crippen LogP contribution in [0.25, 0.3) is 55.1 Å². The van der Waals surface area contributed by atoms with Crippen LogP contribution in [-0.2, 0) is 0 Å². The standard InChI is InChI=1S/C30H22N4/c31-28-26(22-10-7-19-4-1-2-5-21(19)16-22)13-15-33-29(28)24-12-9-20-8-11-23(17-25(20)18-24)27-6-3-14-34-30(27)32/h1-18H,31H2,(H2,32,34). The van der Waals surface area contributed by atoms with E-state index in [4.69, 9.17) is 11.5 Å². The fourth-order valence-corrected chi connectivity index (χ4v) is 4.54. The highest BCUT2D eigenvalue weighted by atomic mass is 14.8. The highest BCUT2D eigenvalue weighted by Crippen LogP contribution is 2.36. The molecule has 0 fully saturated rings. The van der Waals surface area contributed by atoms with Gasteiger partial charge in [0.2, 0.25) is 0 Å². The SMILES string of the molecule is Nc1ncccc1-c1ccc2ccc(-c3nccc(-c4ccc5ccccc5c4)c3N)cc2c1. The molecule has 0 unspecified atom stereocenters. The summed E-state index contributed by atoms with van der Waals surface area (Å²) in [6.45, 7) is 0. The first-order valence-corrected chi connectivity index (χ1v) is 11.2. The molecule has 0 saturated carbocycles. The van der Waals surface area contributed by atoms with Crippen LogP contribution in [0.4, 0.5) is 11.5 Å². The quantitative estimate of drug-likeness (QED) is 0.313. The van der Waals surface area contributed by atoms with Gasteiger partial charge in [-0.25, -0.2) is 4.98 Å². The van der Waals surface area contributed by atoms with Crippen LogP contribution < -0.4 is 11.5 Å². The predicted molar refractivity (Wildman–Crippen MR) is 142 cm³/mol. The summed E-state index contributed by atoms with van der Waals surface area (Å²) in [5.41, 5.74) is 19.2. The third kappa shape index (κ3) is 3.42. The van der Waals surface area contributed by atoms with E-state index in [2.05, 4.69) is 88.8 Å². The molecule has 4 aromatic carbocycles. The first-order chi connectivity index (χ1) is 16.7. The molecule has 4 N–H and O–H groups in total. The van der Waals surface area contributed by atoms with Crippen molar-refractivity contribution in [2.75, 3.05) is 11.5 Å². The zero-order valence-corrected chi connectivity index (χ0v) is 18.4. The van der Waals surface area contributed by atoms with E-state index in [1.54, 1.807) is 6.20 Å². The number of nitrogen functional groups attached to an aromatic ring is 2. The lowest BCUT2D eigenvalue weighted by atomic mass is 9.96. The van der Waals surface area contributed by atoms with Gasteiger partial charge in [0.15, 0.2) is 0 Å². The van der Waals surface area contributed by atoms with Gasteiger partial charge in [-0.05, 0) is 69.1 Å². The molecule has 4 heteroatoms. The first-order valence-electron chi connectivity index (χ1n) is 11.2. The minimum atomic E-state index is 0.520. The molecule has 0 spiro atoms. The summed E-state index contributed by atoms with van der Waals surface area (Å²) < 4.78 is 0. The number of benzene rings is 4. The second-order valence-corrected chi connectivity index (χ2v) is 8.40. The van der Waals surface area contributed by atoms with Crippen LogP contribution in [0.2, 0.25) is 0 Å². The van der Waals surface area contributed by atoms with Crippen LogP contribution in [0.3, 0.4) is 0 Å². The Morgan fingerprint density at radius 1 is 0.471 bits per heavy atom. The number of aromatic nitrogens is 2. The van der Waals surface area contributed by atoms with Crippen LogP contribution in [0.5, 0.6) is 0 Å². The Morgan fingerprint density at radius 3 is 1.91 bits per heavy atom. The van der Waals surface area contributed by atoms with Gasteiger partial charge in [-0.15, -0.1) is 0 Å². The largest absolute Gasteiger partial charge is 0.396 e. The minimum absolute atomic E-state index is 0.520. The van der Waals surface area contributed by atoms with Crippen molar-refractivity contribution < 1.29 is 0 Å². The summed E-state index contributed by atoms with van der Waals surface area (Å²) in [4.78, 5) is 8.86. The molecule has 0 amide bonds. The lowest BCUT2D eigenvalue weighted by Gasteiger charge is -2.12. The van der Waals surface area contributed by atoms with Gasteiger partial charge < -0.3 is 11.5 Å². The van der Waals surface area contributed by atoms with Gasteiger partial charge in [-0.3, -0.25) is 4.98 Å². The zero-order chi connectivity index (χ0) is 23.1. The number of hydrogen-bond donors (Lipinski definition) is 2. The van der Waals surface area contributed by atoms with E-state index >= 15 is 0 Å². The van der Waals surface area contributed by atoms with E-state index in [1.165, 1.54) is 10.8 Å². The highest BCUT2D eigenvalue weighted by Gasteiger charge is 2.12. The molecule has 4 nitrogen and oxygen atoms in total. The van der Waals surface area contributed by atoms with E-state index in [0.29, 0.717) is 11.5 Å². The van der Waals surface area contributed by atoms with Crippen molar-refractivity contribution in [3.05, 3.63) is 109 Å². The highest BCUT2D eigenvalue weighted by molar-refractivity contribution is 5.96. The van der Waals surface area contributed by atoms with E-state index in [9.17, 15) is 0 Å². The van der Waals surface area contributed by atoms with Gasteiger partial charge in [-0.2, -0.15) is 0 Å². The fraction of sp³-hybridized carbons (Fsp3) is 0. The lowest BCUT2D eigenvalue weighted by Crippen LogP contribution is -1.97. The summed E-state index contributed by atoms with van der Waals surface area (Å²) >= 11 is 0.